The SMILES string of the molecule is Br.CCCC1CC(CSC(=N)N)OC1=O. The van der Waals surface area contributed by atoms with Gasteiger partial charge < -0.3 is 10.5 Å². The van der Waals surface area contributed by atoms with Gasteiger partial charge >= 0.3 is 5.97 Å². The Balaban J connectivity index is 0.00000196. The maximum atomic E-state index is 11.3. The highest BCUT2D eigenvalue weighted by Gasteiger charge is 2.33. The van der Waals surface area contributed by atoms with Gasteiger partial charge in [0.25, 0.3) is 0 Å². The first-order chi connectivity index (χ1) is 6.63. The summed E-state index contributed by atoms with van der Waals surface area (Å²) in [5.41, 5.74) is 5.20. The van der Waals surface area contributed by atoms with Crippen LogP contribution in [0, 0.1) is 11.3 Å². The summed E-state index contributed by atoms with van der Waals surface area (Å²) < 4.78 is 5.16. The van der Waals surface area contributed by atoms with Crippen molar-refractivity contribution in [2.45, 2.75) is 32.3 Å². The lowest BCUT2D eigenvalue weighted by Crippen LogP contribution is -2.14. The normalized spacial score (nSPS) is 24.5. The summed E-state index contributed by atoms with van der Waals surface area (Å²) in [7, 11) is 0. The smallest absolute Gasteiger partial charge is 0.309 e. The number of carbonyl (C=O) groups is 1. The molecule has 0 spiro atoms. The van der Waals surface area contributed by atoms with Crippen LogP contribution < -0.4 is 5.73 Å². The third-order valence-corrected chi connectivity index (χ3v) is 3.07. The summed E-state index contributed by atoms with van der Waals surface area (Å²) in [4.78, 5) is 11.3. The number of ether oxygens (including phenoxy) is 1. The van der Waals surface area contributed by atoms with Crippen LogP contribution in [0.5, 0.6) is 0 Å². The molecule has 1 aliphatic rings. The zero-order valence-electron chi connectivity index (χ0n) is 8.69. The van der Waals surface area contributed by atoms with Crippen LogP contribution in [0.1, 0.15) is 26.2 Å². The Bertz CT molecular complexity index is 238. The van der Waals surface area contributed by atoms with Gasteiger partial charge in [0, 0.05) is 5.75 Å². The van der Waals surface area contributed by atoms with Gasteiger partial charge in [-0.2, -0.15) is 0 Å². The van der Waals surface area contributed by atoms with Gasteiger partial charge in [-0.05, 0) is 12.8 Å². The van der Waals surface area contributed by atoms with Crippen molar-refractivity contribution in [3.63, 3.8) is 0 Å². The highest BCUT2D eigenvalue weighted by molar-refractivity contribution is 8.93. The molecule has 1 rings (SSSR count). The van der Waals surface area contributed by atoms with Crippen LogP contribution in [0.4, 0.5) is 0 Å². The van der Waals surface area contributed by atoms with E-state index in [1.165, 1.54) is 11.8 Å². The largest absolute Gasteiger partial charge is 0.461 e. The molecule has 88 valence electrons. The van der Waals surface area contributed by atoms with Crippen molar-refractivity contribution in [1.82, 2.24) is 0 Å². The number of thioether (sulfide) groups is 1. The lowest BCUT2D eigenvalue weighted by molar-refractivity contribution is -0.143. The number of amidine groups is 1. The highest BCUT2D eigenvalue weighted by Crippen LogP contribution is 2.27. The maximum absolute atomic E-state index is 11.3. The summed E-state index contributed by atoms with van der Waals surface area (Å²) in [6, 6.07) is 0. The molecule has 4 nitrogen and oxygen atoms in total. The molecule has 0 bridgehead atoms. The third-order valence-electron chi connectivity index (χ3n) is 2.23. The predicted molar refractivity (Wildman–Crippen MR) is 67.6 cm³/mol. The van der Waals surface area contributed by atoms with E-state index in [4.69, 9.17) is 15.9 Å². The first-order valence-electron chi connectivity index (χ1n) is 4.80. The number of hydrogen-bond acceptors (Lipinski definition) is 4. The number of cyclic esters (lactones) is 1. The quantitative estimate of drug-likeness (QED) is 0.472. The Hall–Kier alpha value is -0.230. The van der Waals surface area contributed by atoms with Gasteiger partial charge in [0.1, 0.15) is 6.10 Å². The topological polar surface area (TPSA) is 76.2 Å². The van der Waals surface area contributed by atoms with Crippen molar-refractivity contribution in [2.75, 3.05) is 5.75 Å². The summed E-state index contributed by atoms with van der Waals surface area (Å²) in [5.74, 6) is 0.597. The zero-order valence-corrected chi connectivity index (χ0v) is 11.2. The first kappa shape index (κ1) is 14.8. The molecule has 15 heavy (non-hydrogen) atoms. The monoisotopic (exact) mass is 296 g/mol. The van der Waals surface area contributed by atoms with Crippen molar-refractivity contribution < 1.29 is 9.53 Å². The van der Waals surface area contributed by atoms with Gasteiger partial charge in [0.05, 0.1) is 5.92 Å². The maximum Gasteiger partial charge on any atom is 0.309 e. The van der Waals surface area contributed by atoms with Gasteiger partial charge in [-0.25, -0.2) is 0 Å². The average Bonchev–Trinajstić information content (AvgIpc) is 2.45. The van der Waals surface area contributed by atoms with Gasteiger partial charge in [-0.3, -0.25) is 10.2 Å². The van der Waals surface area contributed by atoms with Crippen LogP contribution in [0.3, 0.4) is 0 Å². The molecule has 0 aliphatic carbocycles. The predicted octanol–water partition coefficient (Wildman–Crippen LogP) is 1.92. The first-order valence-corrected chi connectivity index (χ1v) is 5.79. The highest BCUT2D eigenvalue weighted by atomic mass is 79.9. The second kappa shape index (κ2) is 7.11. The fraction of sp³-hybridized carbons (Fsp3) is 0.778. The number of nitrogens with one attached hydrogen (secondary N) is 1. The molecule has 0 radical (unpaired) electrons. The fourth-order valence-corrected chi connectivity index (χ4v) is 2.16. The Morgan fingerprint density at radius 1 is 1.73 bits per heavy atom. The molecule has 0 saturated carbocycles. The van der Waals surface area contributed by atoms with Gasteiger partial charge in [0.2, 0.25) is 0 Å². The summed E-state index contributed by atoms with van der Waals surface area (Å²) >= 11 is 1.23. The number of halogens is 1. The van der Waals surface area contributed by atoms with Crippen molar-refractivity contribution in [3.8, 4) is 0 Å². The molecule has 0 aromatic carbocycles. The molecule has 2 unspecified atom stereocenters. The van der Waals surface area contributed by atoms with E-state index in [1.807, 2.05) is 0 Å². The van der Waals surface area contributed by atoms with Crippen molar-refractivity contribution in [2.24, 2.45) is 11.7 Å². The van der Waals surface area contributed by atoms with E-state index in [-0.39, 0.29) is 40.1 Å². The molecule has 3 N–H and O–H groups in total. The van der Waals surface area contributed by atoms with E-state index in [0.29, 0.717) is 5.75 Å². The van der Waals surface area contributed by atoms with Crippen LogP contribution in [-0.4, -0.2) is 23.0 Å². The van der Waals surface area contributed by atoms with E-state index in [2.05, 4.69) is 6.92 Å². The molecule has 2 atom stereocenters. The number of esters is 1. The van der Waals surface area contributed by atoms with E-state index < -0.39 is 0 Å². The van der Waals surface area contributed by atoms with E-state index in [9.17, 15) is 4.79 Å². The van der Waals surface area contributed by atoms with Gasteiger partial charge in [-0.1, -0.05) is 25.1 Å². The molecule has 1 aliphatic heterocycles. The molecular weight excluding hydrogens is 280 g/mol. The van der Waals surface area contributed by atoms with Gasteiger partial charge in [-0.15, -0.1) is 17.0 Å². The molecule has 0 amide bonds. The summed E-state index contributed by atoms with van der Waals surface area (Å²) in [6.07, 6.45) is 2.65. The van der Waals surface area contributed by atoms with E-state index in [0.717, 1.165) is 19.3 Å². The Kier molecular flexibility index (Phi) is 7.00. The molecule has 6 heteroatoms. The summed E-state index contributed by atoms with van der Waals surface area (Å²) in [5, 5.41) is 7.12. The standard InChI is InChI=1S/C9H16N2O2S.BrH/c1-2-3-6-4-7(13-8(6)12)5-14-9(10)11;/h6-7H,2-5H2,1H3,(H3,10,11);1H. The van der Waals surface area contributed by atoms with Crippen molar-refractivity contribution >= 4 is 39.9 Å². The number of hydrogen-bond donors (Lipinski definition) is 2. The zero-order chi connectivity index (χ0) is 10.6. The minimum atomic E-state index is -0.0824. The van der Waals surface area contributed by atoms with Crippen LogP contribution in [0.25, 0.3) is 0 Å². The van der Waals surface area contributed by atoms with Crippen LogP contribution >= 0.6 is 28.7 Å². The van der Waals surface area contributed by atoms with Crippen LogP contribution in [0.2, 0.25) is 0 Å². The third kappa shape index (κ3) is 4.88. The molecule has 0 aromatic heterocycles. The molecule has 1 fully saturated rings. The van der Waals surface area contributed by atoms with E-state index >= 15 is 0 Å². The lowest BCUT2D eigenvalue weighted by Gasteiger charge is -2.06. The van der Waals surface area contributed by atoms with Crippen LogP contribution in [0.15, 0.2) is 0 Å². The molecule has 0 aromatic rings. The number of nitrogens with two attached hydrogens (primary N) is 1. The summed E-state index contributed by atoms with van der Waals surface area (Å²) in [6.45, 7) is 2.06. The van der Waals surface area contributed by atoms with Crippen LogP contribution in [-0.2, 0) is 9.53 Å². The Morgan fingerprint density at radius 3 is 2.93 bits per heavy atom. The molecular formula is C9H17BrN2O2S. The lowest BCUT2D eigenvalue weighted by atomic mass is 10.0. The van der Waals surface area contributed by atoms with Gasteiger partial charge in [0.15, 0.2) is 5.17 Å². The minimum Gasteiger partial charge on any atom is -0.461 e. The second-order valence-corrected chi connectivity index (χ2v) is 4.52. The Morgan fingerprint density at radius 2 is 2.40 bits per heavy atom. The second-order valence-electron chi connectivity index (χ2n) is 3.46. The average molecular weight is 297 g/mol. The molecule has 1 saturated heterocycles. The Labute approximate surface area is 105 Å². The van der Waals surface area contributed by atoms with Crippen molar-refractivity contribution in [3.05, 3.63) is 0 Å². The molecule has 1 heterocycles. The fourth-order valence-electron chi connectivity index (χ4n) is 1.59. The minimum absolute atomic E-state index is 0. The number of rotatable bonds is 4. The number of carbonyl (C=O) groups excluding carboxylic acids is 1. The van der Waals surface area contributed by atoms with Crippen molar-refractivity contribution in [1.29, 1.82) is 5.41 Å². The van der Waals surface area contributed by atoms with E-state index in [1.54, 1.807) is 0 Å².